The zero-order valence-electron chi connectivity index (χ0n) is 13.0. The van der Waals surface area contributed by atoms with Crippen molar-refractivity contribution in [1.29, 1.82) is 0 Å². The number of para-hydroxylation sites is 1. The van der Waals surface area contributed by atoms with Crippen LogP contribution in [0.2, 0.25) is 0 Å². The lowest BCUT2D eigenvalue weighted by Crippen LogP contribution is -2.22. The van der Waals surface area contributed by atoms with E-state index in [-0.39, 0.29) is 0 Å². The molecule has 4 aromatic rings. The molecular formula is C19H12N4O2. The normalized spacial score (nSPS) is 14.7. The Hall–Kier alpha value is -3.67. The zero-order valence-corrected chi connectivity index (χ0v) is 13.0. The predicted octanol–water partition coefficient (Wildman–Crippen LogP) is 2.61. The molecule has 5 rings (SSSR count). The van der Waals surface area contributed by atoms with Crippen LogP contribution in [-0.4, -0.2) is 26.8 Å². The number of H-pyrrole nitrogens is 2. The number of carbonyl (C=O) groups excluding carboxylic acids is 2. The standard InChI is InChI=1S/C19H12N4O2/c24-18-16(14-8-10-4-1-2-5-11(10)21-14)17(19(25)23-18)15-9-13-12(22-15)6-3-7-20-13/h1-9,21-22H,(H,23,24,25). The maximum Gasteiger partial charge on any atom is 0.261 e. The van der Waals surface area contributed by atoms with Crippen LogP contribution in [0.5, 0.6) is 0 Å². The first kappa shape index (κ1) is 13.7. The summed E-state index contributed by atoms with van der Waals surface area (Å²) in [5, 5.41) is 3.37. The van der Waals surface area contributed by atoms with Crippen LogP contribution in [0.25, 0.3) is 33.1 Å². The fourth-order valence-electron chi connectivity index (χ4n) is 3.27. The van der Waals surface area contributed by atoms with Gasteiger partial charge in [-0.1, -0.05) is 18.2 Å². The number of benzene rings is 1. The van der Waals surface area contributed by atoms with Crippen molar-refractivity contribution >= 4 is 44.9 Å². The first-order valence-electron chi connectivity index (χ1n) is 7.83. The molecule has 6 heteroatoms. The summed E-state index contributed by atoms with van der Waals surface area (Å²) in [6.07, 6.45) is 1.69. The number of pyridine rings is 1. The van der Waals surface area contributed by atoms with Gasteiger partial charge < -0.3 is 9.97 Å². The van der Waals surface area contributed by atoms with Crippen LogP contribution in [-0.2, 0) is 9.59 Å². The van der Waals surface area contributed by atoms with E-state index >= 15 is 0 Å². The average Bonchev–Trinajstić information content (AvgIpc) is 3.28. The van der Waals surface area contributed by atoms with Crippen molar-refractivity contribution in [3.05, 3.63) is 66.1 Å². The summed E-state index contributed by atoms with van der Waals surface area (Å²) in [5.74, 6) is -0.816. The number of aromatic amines is 2. The smallest absolute Gasteiger partial charge is 0.261 e. The summed E-state index contributed by atoms with van der Waals surface area (Å²) >= 11 is 0. The molecule has 2 amide bonds. The lowest BCUT2D eigenvalue weighted by molar-refractivity contribution is -0.122. The Labute approximate surface area is 141 Å². The number of imide groups is 1. The van der Waals surface area contributed by atoms with Gasteiger partial charge in [0, 0.05) is 17.1 Å². The van der Waals surface area contributed by atoms with E-state index in [0.29, 0.717) is 22.5 Å². The number of carbonyl (C=O) groups is 2. The van der Waals surface area contributed by atoms with E-state index in [4.69, 9.17) is 0 Å². The van der Waals surface area contributed by atoms with E-state index in [1.807, 2.05) is 42.5 Å². The maximum absolute atomic E-state index is 12.4. The highest BCUT2D eigenvalue weighted by Crippen LogP contribution is 2.33. The summed E-state index contributed by atoms with van der Waals surface area (Å²) < 4.78 is 0. The van der Waals surface area contributed by atoms with Crippen LogP contribution < -0.4 is 5.32 Å². The predicted molar refractivity (Wildman–Crippen MR) is 94.4 cm³/mol. The maximum atomic E-state index is 12.4. The molecule has 0 aliphatic carbocycles. The summed E-state index contributed by atoms with van der Waals surface area (Å²) in [4.78, 5) is 35.5. The van der Waals surface area contributed by atoms with Gasteiger partial charge in [-0.15, -0.1) is 0 Å². The molecule has 0 saturated heterocycles. The third-order valence-corrected chi connectivity index (χ3v) is 4.39. The van der Waals surface area contributed by atoms with E-state index in [9.17, 15) is 9.59 Å². The van der Waals surface area contributed by atoms with E-state index < -0.39 is 11.8 Å². The number of fused-ring (bicyclic) bond motifs is 2. The van der Waals surface area contributed by atoms with E-state index in [0.717, 1.165) is 21.9 Å². The molecule has 1 aromatic carbocycles. The third-order valence-electron chi connectivity index (χ3n) is 4.39. The quantitative estimate of drug-likeness (QED) is 0.494. The molecule has 3 aromatic heterocycles. The number of nitrogens with one attached hydrogen (secondary N) is 3. The van der Waals surface area contributed by atoms with Crippen molar-refractivity contribution in [2.24, 2.45) is 0 Å². The van der Waals surface area contributed by atoms with Crippen LogP contribution >= 0.6 is 0 Å². The van der Waals surface area contributed by atoms with Gasteiger partial charge in [0.1, 0.15) is 0 Å². The molecule has 120 valence electrons. The first-order valence-corrected chi connectivity index (χ1v) is 7.83. The van der Waals surface area contributed by atoms with Gasteiger partial charge in [0.05, 0.1) is 33.6 Å². The highest BCUT2D eigenvalue weighted by Gasteiger charge is 2.34. The van der Waals surface area contributed by atoms with E-state index in [2.05, 4.69) is 20.3 Å². The van der Waals surface area contributed by atoms with Crippen molar-refractivity contribution in [1.82, 2.24) is 20.3 Å². The molecule has 0 unspecified atom stereocenters. The van der Waals surface area contributed by atoms with Crippen molar-refractivity contribution < 1.29 is 9.59 Å². The van der Waals surface area contributed by atoms with Crippen LogP contribution in [0.1, 0.15) is 11.4 Å². The Bertz CT molecular complexity index is 1050. The van der Waals surface area contributed by atoms with Gasteiger partial charge in [0.15, 0.2) is 0 Å². The molecule has 0 spiro atoms. The molecular weight excluding hydrogens is 316 g/mol. The highest BCUT2D eigenvalue weighted by molar-refractivity contribution is 6.49. The Morgan fingerprint density at radius 3 is 2.20 bits per heavy atom. The average molecular weight is 328 g/mol. The second-order valence-corrected chi connectivity index (χ2v) is 5.92. The highest BCUT2D eigenvalue weighted by atomic mass is 16.2. The van der Waals surface area contributed by atoms with Crippen molar-refractivity contribution in [3.8, 4) is 0 Å². The summed E-state index contributed by atoms with van der Waals surface area (Å²) in [7, 11) is 0. The number of hydrogen-bond acceptors (Lipinski definition) is 3. The van der Waals surface area contributed by atoms with Gasteiger partial charge >= 0.3 is 0 Å². The number of aromatic nitrogens is 3. The molecule has 3 N–H and O–H groups in total. The largest absolute Gasteiger partial charge is 0.354 e. The Kier molecular flexibility index (Phi) is 2.70. The number of rotatable bonds is 2. The minimum absolute atomic E-state index is 0.328. The van der Waals surface area contributed by atoms with E-state index in [1.54, 1.807) is 12.3 Å². The van der Waals surface area contributed by atoms with Crippen LogP contribution in [0.3, 0.4) is 0 Å². The Balaban J connectivity index is 1.77. The molecule has 6 nitrogen and oxygen atoms in total. The number of hydrogen-bond donors (Lipinski definition) is 3. The minimum Gasteiger partial charge on any atom is -0.354 e. The number of amides is 2. The fraction of sp³-hybridized carbons (Fsp3) is 0. The zero-order chi connectivity index (χ0) is 17.0. The van der Waals surface area contributed by atoms with Gasteiger partial charge in [-0.3, -0.25) is 19.9 Å². The summed E-state index contributed by atoms with van der Waals surface area (Å²) in [6, 6.07) is 15.1. The number of nitrogens with zero attached hydrogens (tertiary/aromatic N) is 1. The molecule has 0 bridgehead atoms. The van der Waals surface area contributed by atoms with Gasteiger partial charge in [0.25, 0.3) is 11.8 Å². The second-order valence-electron chi connectivity index (χ2n) is 5.92. The van der Waals surface area contributed by atoms with Crippen LogP contribution in [0.4, 0.5) is 0 Å². The lowest BCUT2D eigenvalue weighted by atomic mass is 10.0. The van der Waals surface area contributed by atoms with Crippen molar-refractivity contribution in [2.75, 3.05) is 0 Å². The van der Waals surface area contributed by atoms with E-state index in [1.165, 1.54) is 0 Å². The molecule has 25 heavy (non-hydrogen) atoms. The van der Waals surface area contributed by atoms with Gasteiger partial charge in [0.2, 0.25) is 0 Å². The molecule has 0 radical (unpaired) electrons. The van der Waals surface area contributed by atoms with Gasteiger partial charge in [-0.05, 0) is 30.3 Å². The van der Waals surface area contributed by atoms with Gasteiger partial charge in [-0.2, -0.15) is 0 Å². The monoisotopic (exact) mass is 328 g/mol. The minimum atomic E-state index is -0.412. The second kappa shape index (κ2) is 4.91. The lowest BCUT2D eigenvalue weighted by Gasteiger charge is -1.99. The molecule has 0 fully saturated rings. The Morgan fingerprint density at radius 1 is 0.760 bits per heavy atom. The Morgan fingerprint density at radius 2 is 1.44 bits per heavy atom. The summed E-state index contributed by atoms with van der Waals surface area (Å²) in [5.41, 5.74) is 4.33. The molecule has 1 aliphatic rings. The fourth-order valence-corrected chi connectivity index (χ4v) is 3.27. The topological polar surface area (TPSA) is 90.6 Å². The van der Waals surface area contributed by atoms with Gasteiger partial charge in [-0.25, -0.2) is 0 Å². The molecule has 1 aliphatic heterocycles. The van der Waals surface area contributed by atoms with Crippen LogP contribution in [0.15, 0.2) is 54.7 Å². The third kappa shape index (κ3) is 2.01. The van der Waals surface area contributed by atoms with Crippen molar-refractivity contribution in [2.45, 2.75) is 0 Å². The molecule has 0 atom stereocenters. The SMILES string of the molecule is O=C1NC(=O)C(c2cc3ncccc3[nH]2)=C1c1cc2ccccc2[nH]1. The van der Waals surface area contributed by atoms with Crippen LogP contribution in [0, 0.1) is 0 Å². The molecule has 0 saturated carbocycles. The summed E-state index contributed by atoms with van der Waals surface area (Å²) in [6.45, 7) is 0. The van der Waals surface area contributed by atoms with Crippen molar-refractivity contribution in [3.63, 3.8) is 0 Å². The first-order chi connectivity index (χ1) is 12.2. The molecule has 4 heterocycles.